The van der Waals surface area contributed by atoms with Crippen molar-refractivity contribution in [1.29, 1.82) is 0 Å². The maximum atomic E-state index is 11.8. The number of hydrogen-bond donors (Lipinski definition) is 3. The summed E-state index contributed by atoms with van der Waals surface area (Å²) in [5, 5.41) is 10.5. The van der Waals surface area contributed by atoms with Gasteiger partial charge in [0, 0.05) is 17.8 Å². The second-order valence-corrected chi connectivity index (χ2v) is 6.15. The first-order valence-corrected chi connectivity index (χ1v) is 8.12. The number of nitrogens with zero attached hydrogens (tertiary/aromatic N) is 2. The van der Waals surface area contributed by atoms with Crippen LogP contribution in [0.25, 0.3) is 10.9 Å². The van der Waals surface area contributed by atoms with Crippen LogP contribution >= 0.6 is 0 Å². The van der Waals surface area contributed by atoms with E-state index in [0.29, 0.717) is 12.4 Å². The van der Waals surface area contributed by atoms with Gasteiger partial charge in [-0.3, -0.25) is 10.1 Å². The van der Waals surface area contributed by atoms with Gasteiger partial charge in [0.1, 0.15) is 0 Å². The van der Waals surface area contributed by atoms with Gasteiger partial charge < -0.3 is 10.6 Å². The summed E-state index contributed by atoms with van der Waals surface area (Å²) in [6.45, 7) is 6.13. The van der Waals surface area contributed by atoms with Gasteiger partial charge in [0.15, 0.2) is 6.29 Å². The van der Waals surface area contributed by atoms with Crippen molar-refractivity contribution in [1.82, 2.24) is 20.6 Å². The van der Waals surface area contributed by atoms with Crippen LogP contribution in [-0.4, -0.2) is 28.2 Å². The van der Waals surface area contributed by atoms with Crippen LogP contribution in [-0.2, 0) is 4.79 Å². The molecule has 23 heavy (non-hydrogen) atoms. The number of aromatic nitrogens is 2. The van der Waals surface area contributed by atoms with E-state index < -0.39 is 0 Å². The maximum Gasteiger partial charge on any atom is 0.226 e. The average molecular weight is 313 g/mol. The third-order valence-corrected chi connectivity index (χ3v) is 4.09. The van der Waals surface area contributed by atoms with E-state index in [-0.39, 0.29) is 18.2 Å². The Morgan fingerprint density at radius 3 is 2.91 bits per heavy atom. The van der Waals surface area contributed by atoms with E-state index in [4.69, 9.17) is 0 Å². The molecule has 2 heterocycles. The molecule has 6 nitrogen and oxygen atoms in total. The molecule has 1 saturated heterocycles. The monoisotopic (exact) mass is 313 g/mol. The Balaban J connectivity index is 1.81. The van der Waals surface area contributed by atoms with Crippen LogP contribution in [0.3, 0.4) is 0 Å². The van der Waals surface area contributed by atoms with Gasteiger partial charge in [-0.2, -0.15) is 0 Å². The Morgan fingerprint density at radius 2 is 2.13 bits per heavy atom. The number of carbonyl (C=O) groups is 1. The van der Waals surface area contributed by atoms with Crippen molar-refractivity contribution in [3.05, 3.63) is 29.5 Å². The Bertz CT molecular complexity index is 730. The van der Waals surface area contributed by atoms with Crippen LogP contribution in [0, 0.1) is 13.8 Å². The molecule has 3 rings (SSSR count). The number of amides is 1. The van der Waals surface area contributed by atoms with Gasteiger partial charge in [0.25, 0.3) is 0 Å². The molecule has 1 aromatic carbocycles. The summed E-state index contributed by atoms with van der Waals surface area (Å²) in [7, 11) is 0. The van der Waals surface area contributed by atoms with Gasteiger partial charge in [0.2, 0.25) is 11.9 Å². The number of carbonyl (C=O) groups excluding carboxylic acids is 1. The number of fused-ring (bicyclic) bond motifs is 1. The van der Waals surface area contributed by atoms with E-state index in [2.05, 4.69) is 38.9 Å². The fourth-order valence-corrected chi connectivity index (χ4v) is 2.98. The SMILES string of the molecule is CCCC1CC(=O)NC(Nc2nc(C)c3ccc(C)cc3n2)N1. The van der Waals surface area contributed by atoms with Crippen molar-refractivity contribution in [3.8, 4) is 0 Å². The Labute approximate surface area is 136 Å². The van der Waals surface area contributed by atoms with E-state index in [1.165, 1.54) is 0 Å². The number of hydrogen-bond acceptors (Lipinski definition) is 5. The summed E-state index contributed by atoms with van der Waals surface area (Å²) in [6.07, 6.45) is 2.20. The summed E-state index contributed by atoms with van der Waals surface area (Å²) in [6, 6.07) is 6.34. The maximum absolute atomic E-state index is 11.8. The topological polar surface area (TPSA) is 78.9 Å². The molecule has 0 spiro atoms. The van der Waals surface area contributed by atoms with Crippen molar-refractivity contribution in [2.45, 2.75) is 52.4 Å². The first-order valence-electron chi connectivity index (χ1n) is 8.12. The van der Waals surface area contributed by atoms with Gasteiger partial charge in [0.05, 0.1) is 11.2 Å². The molecule has 1 aliphatic rings. The fraction of sp³-hybridized carbons (Fsp3) is 0.471. The van der Waals surface area contributed by atoms with E-state index in [1.807, 2.05) is 26.0 Å². The number of nitrogens with one attached hydrogen (secondary N) is 3. The molecule has 122 valence electrons. The van der Waals surface area contributed by atoms with Gasteiger partial charge in [-0.15, -0.1) is 0 Å². The molecule has 2 unspecified atom stereocenters. The van der Waals surface area contributed by atoms with Crippen molar-refractivity contribution in [3.63, 3.8) is 0 Å². The second-order valence-electron chi connectivity index (χ2n) is 6.15. The van der Waals surface area contributed by atoms with E-state index in [1.54, 1.807) is 0 Å². The van der Waals surface area contributed by atoms with Gasteiger partial charge in [-0.25, -0.2) is 9.97 Å². The minimum Gasteiger partial charge on any atom is -0.323 e. The standard InChI is InChI=1S/C17H23N5O/c1-4-5-12-9-15(23)21-17(19-12)22-16-18-11(3)13-7-6-10(2)8-14(13)20-16/h6-8,12,17,19H,4-5,9H2,1-3H3,(H,21,23)(H,18,20,22). The first-order chi connectivity index (χ1) is 11.0. The van der Waals surface area contributed by atoms with E-state index >= 15 is 0 Å². The lowest BCUT2D eigenvalue weighted by Crippen LogP contribution is -2.59. The van der Waals surface area contributed by atoms with Gasteiger partial charge >= 0.3 is 0 Å². The number of benzene rings is 1. The van der Waals surface area contributed by atoms with Crippen molar-refractivity contribution in [2.24, 2.45) is 0 Å². The molecule has 1 amide bonds. The molecule has 0 saturated carbocycles. The molecule has 1 aromatic heterocycles. The molecule has 0 bridgehead atoms. The quantitative estimate of drug-likeness (QED) is 0.806. The summed E-state index contributed by atoms with van der Waals surface area (Å²) in [5.74, 6) is 0.573. The molecule has 6 heteroatoms. The average Bonchev–Trinajstić information content (AvgIpc) is 2.46. The van der Waals surface area contributed by atoms with Crippen LogP contribution in [0.5, 0.6) is 0 Å². The molecule has 0 radical (unpaired) electrons. The van der Waals surface area contributed by atoms with Crippen molar-refractivity contribution < 1.29 is 4.79 Å². The van der Waals surface area contributed by atoms with Crippen molar-refractivity contribution >= 4 is 22.8 Å². The lowest BCUT2D eigenvalue weighted by Gasteiger charge is -2.31. The van der Waals surface area contributed by atoms with Crippen LogP contribution in [0.1, 0.15) is 37.4 Å². The lowest BCUT2D eigenvalue weighted by molar-refractivity contribution is -0.124. The van der Waals surface area contributed by atoms with Crippen LogP contribution in [0.4, 0.5) is 5.95 Å². The molecule has 1 fully saturated rings. The smallest absolute Gasteiger partial charge is 0.226 e. The van der Waals surface area contributed by atoms with Gasteiger partial charge in [-0.05, 0) is 31.9 Å². The zero-order valence-electron chi connectivity index (χ0n) is 13.8. The zero-order valence-corrected chi connectivity index (χ0v) is 13.8. The summed E-state index contributed by atoms with van der Waals surface area (Å²) in [4.78, 5) is 20.9. The zero-order chi connectivity index (χ0) is 16.4. The molecular weight excluding hydrogens is 290 g/mol. The lowest BCUT2D eigenvalue weighted by atomic mass is 10.1. The molecular formula is C17H23N5O. The fourth-order valence-electron chi connectivity index (χ4n) is 2.98. The number of anilines is 1. The van der Waals surface area contributed by atoms with Crippen LogP contribution in [0.2, 0.25) is 0 Å². The highest BCUT2D eigenvalue weighted by atomic mass is 16.2. The van der Waals surface area contributed by atoms with Crippen molar-refractivity contribution in [2.75, 3.05) is 5.32 Å². The predicted molar refractivity (Wildman–Crippen MR) is 91.0 cm³/mol. The third kappa shape index (κ3) is 3.59. The molecule has 0 aliphatic carbocycles. The van der Waals surface area contributed by atoms with Gasteiger partial charge in [-0.1, -0.05) is 25.5 Å². The third-order valence-electron chi connectivity index (χ3n) is 4.09. The number of rotatable bonds is 4. The van der Waals surface area contributed by atoms with E-state index in [9.17, 15) is 4.79 Å². The van der Waals surface area contributed by atoms with E-state index in [0.717, 1.165) is 35.0 Å². The van der Waals surface area contributed by atoms with Crippen LogP contribution in [0.15, 0.2) is 18.2 Å². The Morgan fingerprint density at radius 1 is 1.30 bits per heavy atom. The minimum absolute atomic E-state index is 0.0491. The molecule has 2 aromatic rings. The highest BCUT2D eigenvalue weighted by molar-refractivity contribution is 5.82. The summed E-state index contributed by atoms with van der Waals surface area (Å²) < 4.78 is 0. The summed E-state index contributed by atoms with van der Waals surface area (Å²) in [5.41, 5.74) is 2.99. The highest BCUT2D eigenvalue weighted by Gasteiger charge is 2.25. The first kappa shape index (κ1) is 15.7. The molecule has 2 atom stereocenters. The predicted octanol–water partition coefficient (Wildman–Crippen LogP) is 2.22. The molecule has 3 N–H and O–H groups in total. The highest BCUT2D eigenvalue weighted by Crippen LogP contribution is 2.19. The Hall–Kier alpha value is -2.21. The normalized spacial score (nSPS) is 21.3. The second kappa shape index (κ2) is 6.50. The Kier molecular flexibility index (Phi) is 4.43. The number of aryl methyl sites for hydroxylation is 2. The largest absolute Gasteiger partial charge is 0.323 e. The molecule has 1 aliphatic heterocycles. The minimum atomic E-state index is -0.338. The van der Waals surface area contributed by atoms with Crippen LogP contribution < -0.4 is 16.0 Å². The summed E-state index contributed by atoms with van der Waals surface area (Å²) >= 11 is 0.